The van der Waals surface area contributed by atoms with Gasteiger partial charge in [0.25, 0.3) is 5.91 Å². The zero-order valence-electron chi connectivity index (χ0n) is 13.4. The molecule has 118 valence electrons. The Morgan fingerprint density at radius 1 is 1.17 bits per heavy atom. The van der Waals surface area contributed by atoms with E-state index in [1.165, 1.54) is 24.5 Å². The minimum absolute atomic E-state index is 0.00790. The maximum absolute atomic E-state index is 13.1. The number of aromatic nitrogens is 2. The van der Waals surface area contributed by atoms with Crippen molar-refractivity contribution in [3.05, 3.63) is 59.4 Å². The fraction of sp³-hybridized carbons (Fsp3) is 0.278. The fourth-order valence-corrected chi connectivity index (χ4v) is 1.64. The number of nitrogens with zero attached hydrogens (tertiary/aromatic N) is 2. The summed E-state index contributed by atoms with van der Waals surface area (Å²) in [6.45, 7) is 6.62. The van der Waals surface area contributed by atoms with E-state index in [4.69, 9.17) is 0 Å². The zero-order chi connectivity index (χ0) is 16.9. The van der Waals surface area contributed by atoms with Gasteiger partial charge in [-0.3, -0.25) is 4.79 Å². The molecule has 4 nitrogen and oxygen atoms in total. The first-order chi connectivity index (χ1) is 10.8. The van der Waals surface area contributed by atoms with Crippen LogP contribution >= 0.6 is 0 Å². The van der Waals surface area contributed by atoms with Crippen LogP contribution in [0.5, 0.6) is 0 Å². The van der Waals surface area contributed by atoms with Crippen molar-refractivity contribution in [3.63, 3.8) is 0 Å². The molecule has 0 spiro atoms. The van der Waals surface area contributed by atoms with Gasteiger partial charge in [-0.25, -0.2) is 14.4 Å². The summed E-state index contributed by atoms with van der Waals surface area (Å²) in [5, 5.41) is 2.78. The van der Waals surface area contributed by atoms with Gasteiger partial charge in [0.2, 0.25) is 5.82 Å². The summed E-state index contributed by atoms with van der Waals surface area (Å²) in [7, 11) is 0. The van der Waals surface area contributed by atoms with E-state index in [9.17, 15) is 9.18 Å². The molecule has 1 N–H and O–H groups in total. The van der Waals surface area contributed by atoms with Crippen LogP contribution in [0.2, 0.25) is 0 Å². The third kappa shape index (κ3) is 5.51. The number of hydrogen-bond donors (Lipinski definition) is 1. The van der Waals surface area contributed by atoms with E-state index in [-0.39, 0.29) is 23.0 Å². The highest BCUT2D eigenvalue weighted by atomic mass is 19.1. The van der Waals surface area contributed by atoms with Crippen LogP contribution in [-0.4, -0.2) is 22.4 Å². The van der Waals surface area contributed by atoms with Crippen LogP contribution in [-0.2, 0) is 0 Å². The van der Waals surface area contributed by atoms with Gasteiger partial charge in [0.15, 0.2) is 0 Å². The van der Waals surface area contributed by atoms with Gasteiger partial charge in [-0.15, -0.1) is 0 Å². The number of halogens is 1. The Bertz CT molecular complexity index is 752. The summed E-state index contributed by atoms with van der Waals surface area (Å²) in [6, 6.07) is 6.02. The number of carbonyl (C=O) groups excluding carboxylic acids is 1. The predicted molar refractivity (Wildman–Crippen MR) is 86.2 cm³/mol. The molecule has 1 aromatic carbocycles. The lowest BCUT2D eigenvalue weighted by Crippen LogP contribution is -2.33. The molecule has 0 radical (unpaired) electrons. The van der Waals surface area contributed by atoms with Crippen molar-refractivity contribution in [1.29, 1.82) is 0 Å². The lowest BCUT2D eigenvalue weighted by Gasteiger charge is -2.18. The normalized spacial score (nSPS) is 10.6. The second kappa shape index (κ2) is 7.01. The highest BCUT2D eigenvalue weighted by Gasteiger charge is 2.14. The van der Waals surface area contributed by atoms with Gasteiger partial charge < -0.3 is 5.32 Å². The van der Waals surface area contributed by atoms with Crippen LogP contribution in [0.3, 0.4) is 0 Å². The highest BCUT2D eigenvalue weighted by Crippen LogP contribution is 2.10. The summed E-state index contributed by atoms with van der Waals surface area (Å²) < 4.78 is 13.1. The van der Waals surface area contributed by atoms with Gasteiger partial charge in [-0.05, 0) is 23.6 Å². The second-order valence-electron chi connectivity index (χ2n) is 6.30. The van der Waals surface area contributed by atoms with Crippen LogP contribution in [0.15, 0.2) is 36.7 Å². The Hall–Kier alpha value is -2.74. The maximum atomic E-state index is 13.1. The molecule has 0 atom stereocenters. The average molecular weight is 311 g/mol. The second-order valence-corrected chi connectivity index (χ2v) is 6.30. The topological polar surface area (TPSA) is 54.9 Å². The minimum atomic E-state index is -0.334. The molecule has 0 fully saturated rings. The predicted octanol–water partition coefficient (Wildman–Crippen LogP) is 2.79. The number of benzene rings is 1. The number of carbonyl (C=O) groups is 1. The van der Waals surface area contributed by atoms with Gasteiger partial charge in [-0.1, -0.05) is 38.7 Å². The molecular weight excluding hydrogens is 293 g/mol. The molecule has 0 aliphatic heterocycles. The molecule has 23 heavy (non-hydrogen) atoms. The van der Waals surface area contributed by atoms with Crippen molar-refractivity contribution < 1.29 is 9.18 Å². The first-order valence-corrected chi connectivity index (χ1v) is 7.21. The van der Waals surface area contributed by atoms with E-state index in [0.29, 0.717) is 17.7 Å². The van der Waals surface area contributed by atoms with Crippen LogP contribution < -0.4 is 5.32 Å². The quantitative estimate of drug-likeness (QED) is 0.868. The van der Waals surface area contributed by atoms with E-state index in [2.05, 4.69) is 27.1 Å². The van der Waals surface area contributed by atoms with Gasteiger partial charge in [0, 0.05) is 24.5 Å². The molecule has 0 saturated heterocycles. The Kier molecular flexibility index (Phi) is 5.07. The Morgan fingerprint density at radius 2 is 1.83 bits per heavy atom. The molecule has 0 bridgehead atoms. The summed E-state index contributed by atoms with van der Waals surface area (Å²) in [5.41, 5.74) is 1.12. The van der Waals surface area contributed by atoms with Crippen molar-refractivity contribution in [2.24, 2.45) is 5.41 Å². The van der Waals surface area contributed by atoms with E-state index >= 15 is 0 Å². The third-order valence-corrected chi connectivity index (χ3v) is 2.81. The number of amides is 1. The first-order valence-electron chi connectivity index (χ1n) is 7.21. The Morgan fingerprint density at radius 3 is 2.43 bits per heavy atom. The molecule has 1 aromatic heterocycles. The lowest BCUT2D eigenvalue weighted by atomic mass is 9.97. The molecule has 0 saturated carbocycles. The monoisotopic (exact) mass is 311 g/mol. The molecule has 0 unspecified atom stereocenters. The molecule has 0 aliphatic carbocycles. The molecule has 2 aromatic rings. The average Bonchev–Trinajstić information content (AvgIpc) is 2.50. The molecule has 1 amide bonds. The molecular formula is C18H18FN3O. The minimum Gasteiger partial charge on any atom is -0.349 e. The van der Waals surface area contributed by atoms with Crippen LogP contribution in [0, 0.1) is 23.1 Å². The Balaban J connectivity index is 2.04. The van der Waals surface area contributed by atoms with Crippen molar-refractivity contribution in [3.8, 4) is 11.8 Å². The first kappa shape index (κ1) is 16.6. The largest absolute Gasteiger partial charge is 0.349 e. The highest BCUT2D eigenvalue weighted by molar-refractivity contribution is 5.90. The smallest absolute Gasteiger partial charge is 0.289 e. The summed E-state index contributed by atoms with van der Waals surface area (Å²) >= 11 is 0. The number of hydrogen-bond acceptors (Lipinski definition) is 3. The van der Waals surface area contributed by atoms with Gasteiger partial charge >= 0.3 is 0 Å². The summed E-state index contributed by atoms with van der Waals surface area (Å²) in [4.78, 5) is 19.9. The van der Waals surface area contributed by atoms with Crippen LogP contribution in [0.1, 0.15) is 42.5 Å². The van der Waals surface area contributed by atoms with Gasteiger partial charge in [0.1, 0.15) is 5.82 Å². The van der Waals surface area contributed by atoms with E-state index in [0.717, 1.165) is 0 Å². The van der Waals surface area contributed by atoms with Crippen molar-refractivity contribution in [2.45, 2.75) is 20.8 Å². The van der Waals surface area contributed by atoms with Crippen molar-refractivity contribution >= 4 is 5.91 Å². The summed E-state index contributed by atoms with van der Waals surface area (Å²) in [5.74, 6) is 5.11. The van der Waals surface area contributed by atoms with E-state index < -0.39 is 0 Å². The molecule has 2 rings (SSSR count). The van der Waals surface area contributed by atoms with Crippen LogP contribution in [0.4, 0.5) is 4.39 Å². The number of rotatable bonds is 2. The van der Waals surface area contributed by atoms with E-state index in [1.54, 1.807) is 12.1 Å². The fourth-order valence-electron chi connectivity index (χ4n) is 1.64. The number of nitrogens with one attached hydrogen (secondary N) is 1. The SMILES string of the molecule is CC(C)(C)CNC(=O)c1ncc(C#Cc2cccc(F)c2)cn1. The van der Waals surface area contributed by atoms with Crippen molar-refractivity contribution in [2.75, 3.05) is 6.54 Å². The zero-order valence-corrected chi connectivity index (χ0v) is 13.4. The molecule has 5 heteroatoms. The standard InChI is InChI=1S/C18H18FN3O/c1-18(2,3)12-22-17(23)16-20-10-14(11-21-16)8-7-13-5-4-6-15(19)9-13/h4-6,9-11H,12H2,1-3H3,(H,22,23). The molecule has 1 heterocycles. The van der Waals surface area contributed by atoms with E-state index in [1.807, 2.05) is 20.8 Å². The maximum Gasteiger partial charge on any atom is 0.289 e. The van der Waals surface area contributed by atoms with Crippen LogP contribution in [0.25, 0.3) is 0 Å². The Labute approximate surface area is 135 Å². The van der Waals surface area contributed by atoms with Gasteiger partial charge in [0.05, 0.1) is 5.56 Å². The summed E-state index contributed by atoms with van der Waals surface area (Å²) in [6.07, 6.45) is 2.95. The molecule has 0 aliphatic rings. The van der Waals surface area contributed by atoms with Gasteiger partial charge in [-0.2, -0.15) is 0 Å². The third-order valence-electron chi connectivity index (χ3n) is 2.81. The van der Waals surface area contributed by atoms with Crippen molar-refractivity contribution in [1.82, 2.24) is 15.3 Å². The lowest BCUT2D eigenvalue weighted by molar-refractivity contribution is 0.0928.